The van der Waals surface area contributed by atoms with Gasteiger partial charge >= 0.3 is 0 Å². The van der Waals surface area contributed by atoms with Crippen molar-refractivity contribution in [2.45, 2.75) is 31.2 Å². The van der Waals surface area contributed by atoms with Gasteiger partial charge in [-0.1, -0.05) is 17.7 Å². The number of nitrogens with one attached hydrogen (secondary N) is 1. The molecule has 8 nitrogen and oxygen atoms in total. The Morgan fingerprint density at radius 3 is 2.81 bits per heavy atom. The Labute approximate surface area is 192 Å². The van der Waals surface area contributed by atoms with Crippen LogP contribution in [0.15, 0.2) is 41.3 Å². The molecule has 0 unspecified atom stereocenters. The van der Waals surface area contributed by atoms with Crippen molar-refractivity contribution in [3.05, 3.63) is 47.0 Å². The zero-order chi connectivity index (χ0) is 22.7. The van der Waals surface area contributed by atoms with Gasteiger partial charge in [0.25, 0.3) is 0 Å². The Hall–Kier alpha value is -2.49. The first kappa shape index (κ1) is 22.7. The SMILES string of the molecule is CCOc1ccc(S(=O)(=O)N2CCC[C@@H](C(=O)NCc3ccc4c(c3)OCO4)C2)cc1Cl. The van der Waals surface area contributed by atoms with Crippen molar-refractivity contribution in [3.8, 4) is 17.2 Å². The molecule has 0 radical (unpaired) electrons. The van der Waals surface area contributed by atoms with Crippen molar-refractivity contribution in [3.63, 3.8) is 0 Å². The maximum absolute atomic E-state index is 13.1. The Bertz CT molecular complexity index is 1110. The standard InChI is InChI=1S/C22H25ClN2O6S/c1-2-29-19-8-6-17(11-18(19)23)32(27,28)25-9-3-4-16(13-25)22(26)24-12-15-5-7-20-21(10-15)31-14-30-20/h5-8,10-11,16H,2-4,9,12-14H2,1H3,(H,24,26)/t16-/m1/s1. The second kappa shape index (κ2) is 9.56. The Morgan fingerprint density at radius 2 is 2.03 bits per heavy atom. The molecule has 0 bridgehead atoms. The summed E-state index contributed by atoms with van der Waals surface area (Å²) >= 11 is 6.18. The number of piperidine rings is 1. The lowest BCUT2D eigenvalue weighted by Crippen LogP contribution is -2.45. The summed E-state index contributed by atoms with van der Waals surface area (Å²) in [6.07, 6.45) is 1.23. The van der Waals surface area contributed by atoms with Gasteiger partial charge in [-0.05, 0) is 55.7 Å². The maximum Gasteiger partial charge on any atom is 0.243 e. The van der Waals surface area contributed by atoms with Crippen LogP contribution in [0.1, 0.15) is 25.3 Å². The topological polar surface area (TPSA) is 94.2 Å². The number of fused-ring (bicyclic) bond motifs is 1. The number of halogens is 1. The minimum Gasteiger partial charge on any atom is -0.492 e. The van der Waals surface area contributed by atoms with Crippen molar-refractivity contribution in [2.24, 2.45) is 5.92 Å². The van der Waals surface area contributed by atoms with E-state index in [2.05, 4.69) is 5.32 Å². The van der Waals surface area contributed by atoms with Crippen molar-refractivity contribution in [1.29, 1.82) is 0 Å². The van der Waals surface area contributed by atoms with E-state index in [-0.39, 0.29) is 29.2 Å². The highest BCUT2D eigenvalue weighted by Gasteiger charge is 2.33. The van der Waals surface area contributed by atoms with Crippen molar-refractivity contribution in [1.82, 2.24) is 9.62 Å². The van der Waals surface area contributed by atoms with Gasteiger partial charge in [-0.25, -0.2) is 8.42 Å². The Morgan fingerprint density at radius 1 is 1.22 bits per heavy atom. The summed E-state index contributed by atoms with van der Waals surface area (Å²) in [5.41, 5.74) is 0.881. The van der Waals surface area contributed by atoms with E-state index in [1.165, 1.54) is 16.4 Å². The van der Waals surface area contributed by atoms with Crippen LogP contribution in [-0.4, -0.2) is 45.1 Å². The average Bonchev–Trinajstić information content (AvgIpc) is 3.27. The summed E-state index contributed by atoms with van der Waals surface area (Å²) in [5, 5.41) is 3.15. The average molecular weight is 481 g/mol. The van der Waals surface area contributed by atoms with Crippen molar-refractivity contribution in [2.75, 3.05) is 26.5 Å². The first-order chi connectivity index (χ1) is 15.4. The molecular weight excluding hydrogens is 456 g/mol. The first-order valence-corrected chi connectivity index (χ1v) is 12.3. The third-order valence-corrected chi connectivity index (χ3v) is 7.66. The molecule has 1 saturated heterocycles. The van der Waals surface area contributed by atoms with Crippen LogP contribution in [0.3, 0.4) is 0 Å². The predicted molar refractivity (Wildman–Crippen MR) is 119 cm³/mol. The second-order valence-electron chi connectivity index (χ2n) is 7.63. The van der Waals surface area contributed by atoms with E-state index in [0.29, 0.717) is 49.8 Å². The fourth-order valence-electron chi connectivity index (χ4n) is 3.82. The minimum atomic E-state index is -3.77. The summed E-state index contributed by atoms with van der Waals surface area (Å²) in [4.78, 5) is 12.8. The Kier molecular flexibility index (Phi) is 6.78. The summed E-state index contributed by atoms with van der Waals surface area (Å²) in [7, 11) is -3.77. The van der Waals surface area contributed by atoms with Crippen LogP contribution in [0.5, 0.6) is 17.2 Å². The smallest absolute Gasteiger partial charge is 0.243 e. The number of amides is 1. The molecule has 4 rings (SSSR count). The molecule has 2 aliphatic heterocycles. The molecule has 1 N–H and O–H groups in total. The minimum absolute atomic E-state index is 0.0902. The van der Waals surface area contributed by atoms with Gasteiger partial charge in [-0.2, -0.15) is 4.31 Å². The van der Waals surface area contributed by atoms with Gasteiger partial charge < -0.3 is 19.5 Å². The van der Waals surface area contributed by atoms with E-state index in [9.17, 15) is 13.2 Å². The van der Waals surface area contributed by atoms with E-state index in [0.717, 1.165) is 5.56 Å². The lowest BCUT2D eigenvalue weighted by Gasteiger charge is -2.31. The Balaban J connectivity index is 1.40. The molecule has 1 atom stereocenters. The van der Waals surface area contributed by atoms with Gasteiger partial charge in [0.05, 0.1) is 22.4 Å². The fraction of sp³-hybridized carbons (Fsp3) is 0.409. The number of nitrogens with zero attached hydrogens (tertiary/aromatic N) is 1. The lowest BCUT2D eigenvalue weighted by molar-refractivity contribution is -0.126. The molecule has 32 heavy (non-hydrogen) atoms. The van der Waals surface area contributed by atoms with Crippen LogP contribution in [0.4, 0.5) is 0 Å². The molecule has 2 aromatic rings. The number of ether oxygens (including phenoxy) is 3. The largest absolute Gasteiger partial charge is 0.492 e. The van der Waals surface area contributed by atoms with Gasteiger partial charge in [0, 0.05) is 19.6 Å². The molecular formula is C22H25ClN2O6S. The number of carbonyl (C=O) groups is 1. The molecule has 172 valence electrons. The van der Waals surface area contributed by atoms with Crippen molar-refractivity contribution < 1.29 is 27.4 Å². The molecule has 0 spiro atoms. The summed E-state index contributed by atoms with van der Waals surface area (Å²) in [5.74, 6) is 1.17. The monoisotopic (exact) mass is 480 g/mol. The van der Waals surface area contributed by atoms with Gasteiger partial charge in [0.15, 0.2) is 11.5 Å². The third kappa shape index (κ3) is 4.79. The van der Waals surface area contributed by atoms with E-state index in [1.807, 2.05) is 19.1 Å². The highest BCUT2D eigenvalue weighted by molar-refractivity contribution is 7.89. The van der Waals surface area contributed by atoms with Gasteiger partial charge in [0.2, 0.25) is 22.7 Å². The number of sulfonamides is 1. The molecule has 0 saturated carbocycles. The highest BCUT2D eigenvalue weighted by atomic mass is 35.5. The van der Waals surface area contributed by atoms with Crippen LogP contribution < -0.4 is 19.5 Å². The number of rotatable bonds is 7. The second-order valence-corrected chi connectivity index (χ2v) is 9.98. The van der Waals surface area contributed by atoms with Gasteiger partial charge in [0.1, 0.15) is 5.75 Å². The number of benzene rings is 2. The molecule has 0 aliphatic carbocycles. The zero-order valence-corrected chi connectivity index (χ0v) is 19.2. The molecule has 10 heteroatoms. The van der Waals surface area contributed by atoms with Crippen LogP contribution in [-0.2, 0) is 21.4 Å². The van der Waals surface area contributed by atoms with Gasteiger partial charge in [-0.3, -0.25) is 4.79 Å². The maximum atomic E-state index is 13.1. The molecule has 2 heterocycles. The van der Waals surface area contributed by atoms with E-state index < -0.39 is 15.9 Å². The van der Waals surface area contributed by atoms with Gasteiger partial charge in [-0.15, -0.1) is 0 Å². The summed E-state index contributed by atoms with van der Waals surface area (Å²) in [6.45, 7) is 3.26. The van der Waals surface area contributed by atoms with Crippen LogP contribution in [0, 0.1) is 5.92 Å². The predicted octanol–water partition coefficient (Wildman–Crippen LogP) is 3.18. The number of hydrogen-bond donors (Lipinski definition) is 1. The van der Waals surface area contributed by atoms with Crippen LogP contribution in [0.2, 0.25) is 5.02 Å². The molecule has 2 aromatic carbocycles. The third-order valence-electron chi connectivity index (χ3n) is 5.50. The van der Waals surface area contributed by atoms with E-state index in [4.69, 9.17) is 25.8 Å². The molecule has 1 amide bonds. The molecule has 2 aliphatic rings. The summed E-state index contributed by atoms with van der Waals surface area (Å²) < 4.78 is 43.7. The fourth-order valence-corrected chi connectivity index (χ4v) is 5.67. The van der Waals surface area contributed by atoms with Crippen LogP contribution >= 0.6 is 11.6 Å². The van der Waals surface area contributed by atoms with E-state index in [1.54, 1.807) is 12.1 Å². The quantitative estimate of drug-likeness (QED) is 0.654. The number of hydrogen-bond acceptors (Lipinski definition) is 6. The van der Waals surface area contributed by atoms with Crippen LogP contribution in [0.25, 0.3) is 0 Å². The highest BCUT2D eigenvalue weighted by Crippen LogP contribution is 2.33. The normalized spacial score (nSPS) is 18.4. The first-order valence-electron chi connectivity index (χ1n) is 10.5. The lowest BCUT2D eigenvalue weighted by atomic mass is 9.98. The van der Waals surface area contributed by atoms with E-state index >= 15 is 0 Å². The number of carbonyl (C=O) groups excluding carboxylic acids is 1. The van der Waals surface area contributed by atoms with Crippen molar-refractivity contribution >= 4 is 27.5 Å². The summed E-state index contributed by atoms with van der Waals surface area (Å²) in [6, 6.07) is 9.93. The zero-order valence-electron chi connectivity index (χ0n) is 17.7. The molecule has 1 fully saturated rings. The molecule has 0 aromatic heterocycles.